The van der Waals surface area contributed by atoms with Crippen LogP contribution in [0.15, 0.2) is 18.2 Å². The van der Waals surface area contributed by atoms with Gasteiger partial charge in [0.1, 0.15) is 5.82 Å². The standard InChI is InChI=1S/C12H17ClFNO/c1-12(2,8-16)7-15-6-9-4-3-5-10(13)11(9)14/h3-5,15-16H,6-8H2,1-2H3. The molecule has 0 spiro atoms. The Kier molecular flexibility index (Phi) is 4.71. The molecule has 0 amide bonds. The van der Waals surface area contributed by atoms with Gasteiger partial charge < -0.3 is 10.4 Å². The Labute approximate surface area is 100 Å². The van der Waals surface area contributed by atoms with Crippen molar-refractivity contribution < 1.29 is 9.50 Å². The summed E-state index contributed by atoms with van der Waals surface area (Å²) in [7, 11) is 0. The molecule has 0 aliphatic heterocycles. The first-order valence-corrected chi connectivity index (χ1v) is 5.58. The second-order valence-corrected chi connectivity index (χ2v) is 5.05. The molecule has 0 atom stereocenters. The van der Waals surface area contributed by atoms with Crippen molar-refractivity contribution in [3.05, 3.63) is 34.6 Å². The molecule has 0 aliphatic rings. The van der Waals surface area contributed by atoms with Gasteiger partial charge in [-0.05, 0) is 6.07 Å². The summed E-state index contributed by atoms with van der Waals surface area (Å²) in [5.41, 5.74) is 0.343. The maximum Gasteiger partial charge on any atom is 0.146 e. The Morgan fingerprint density at radius 2 is 2.12 bits per heavy atom. The van der Waals surface area contributed by atoms with Gasteiger partial charge in [-0.3, -0.25) is 0 Å². The molecule has 0 saturated carbocycles. The average Bonchev–Trinajstić information content (AvgIpc) is 2.24. The van der Waals surface area contributed by atoms with Crippen molar-refractivity contribution in [3.63, 3.8) is 0 Å². The number of rotatable bonds is 5. The van der Waals surface area contributed by atoms with Crippen LogP contribution in [0.4, 0.5) is 4.39 Å². The van der Waals surface area contributed by atoms with Crippen LogP contribution < -0.4 is 5.32 Å². The molecule has 0 saturated heterocycles. The van der Waals surface area contributed by atoms with E-state index < -0.39 is 0 Å². The van der Waals surface area contributed by atoms with Crippen LogP contribution in [0.2, 0.25) is 5.02 Å². The third-order valence-corrected chi connectivity index (χ3v) is 2.67. The van der Waals surface area contributed by atoms with E-state index in [1.807, 2.05) is 13.8 Å². The molecule has 2 N–H and O–H groups in total. The van der Waals surface area contributed by atoms with Crippen LogP contribution in [0.1, 0.15) is 19.4 Å². The summed E-state index contributed by atoms with van der Waals surface area (Å²) in [4.78, 5) is 0. The smallest absolute Gasteiger partial charge is 0.146 e. The second kappa shape index (κ2) is 5.62. The van der Waals surface area contributed by atoms with E-state index in [4.69, 9.17) is 16.7 Å². The molecule has 0 aliphatic carbocycles. The zero-order valence-electron chi connectivity index (χ0n) is 9.56. The van der Waals surface area contributed by atoms with Crippen LogP contribution in [0.25, 0.3) is 0 Å². The van der Waals surface area contributed by atoms with Gasteiger partial charge in [0.05, 0.1) is 5.02 Å². The van der Waals surface area contributed by atoms with Crippen LogP contribution in [-0.2, 0) is 6.54 Å². The van der Waals surface area contributed by atoms with Gasteiger partial charge in [-0.25, -0.2) is 4.39 Å². The first-order valence-electron chi connectivity index (χ1n) is 5.21. The van der Waals surface area contributed by atoms with Crippen molar-refractivity contribution >= 4 is 11.6 Å². The van der Waals surface area contributed by atoms with Gasteiger partial charge in [-0.1, -0.05) is 37.6 Å². The van der Waals surface area contributed by atoms with Crippen molar-refractivity contribution in [1.82, 2.24) is 5.32 Å². The number of nitrogens with one attached hydrogen (secondary N) is 1. The molecule has 1 rings (SSSR count). The molecule has 4 heteroatoms. The van der Waals surface area contributed by atoms with E-state index in [9.17, 15) is 4.39 Å². The number of hydrogen-bond acceptors (Lipinski definition) is 2. The highest BCUT2D eigenvalue weighted by molar-refractivity contribution is 6.30. The minimum Gasteiger partial charge on any atom is -0.396 e. The Hall–Kier alpha value is -0.640. The van der Waals surface area contributed by atoms with Crippen molar-refractivity contribution in [2.75, 3.05) is 13.2 Å². The first kappa shape index (κ1) is 13.4. The lowest BCUT2D eigenvalue weighted by atomic mass is 9.95. The van der Waals surface area contributed by atoms with Gasteiger partial charge in [0, 0.05) is 30.7 Å². The highest BCUT2D eigenvalue weighted by Gasteiger charge is 2.16. The zero-order chi connectivity index (χ0) is 12.2. The quantitative estimate of drug-likeness (QED) is 0.836. The summed E-state index contributed by atoms with van der Waals surface area (Å²) in [5, 5.41) is 12.3. The monoisotopic (exact) mass is 245 g/mol. The van der Waals surface area contributed by atoms with Crippen molar-refractivity contribution in [1.29, 1.82) is 0 Å². The van der Waals surface area contributed by atoms with E-state index in [2.05, 4.69) is 5.32 Å². The predicted molar refractivity (Wildman–Crippen MR) is 64.0 cm³/mol. The van der Waals surface area contributed by atoms with Crippen molar-refractivity contribution in [2.24, 2.45) is 5.41 Å². The summed E-state index contributed by atoms with van der Waals surface area (Å²) >= 11 is 5.67. The molecule has 90 valence electrons. The largest absolute Gasteiger partial charge is 0.396 e. The van der Waals surface area contributed by atoms with E-state index in [1.54, 1.807) is 12.1 Å². The maximum atomic E-state index is 13.5. The topological polar surface area (TPSA) is 32.3 Å². The molecule has 0 unspecified atom stereocenters. The third-order valence-electron chi connectivity index (χ3n) is 2.38. The van der Waals surface area contributed by atoms with Crippen LogP contribution in [-0.4, -0.2) is 18.3 Å². The zero-order valence-corrected chi connectivity index (χ0v) is 10.3. The Morgan fingerprint density at radius 3 is 2.75 bits per heavy atom. The average molecular weight is 246 g/mol. The molecule has 0 fully saturated rings. The number of halogens is 2. The van der Waals surface area contributed by atoms with E-state index in [1.165, 1.54) is 6.07 Å². The van der Waals surface area contributed by atoms with Gasteiger partial charge in [0.15, 0.2) is 0 Å². The minimum absolute atomic E-state index is 0.0953. The SMILES string of the molecule is CC(C)(CO)CNCc1cccc(Cl)c1F. The number of aliphatic hydroxyl groups is 1. The molecular weight excluding hydrogens is 229 g/mol. The number of hydrogen-bond donors (Lipinski definition) is 2. The molecule has 0 radical (unpaired) electrons. The Balaban J connectivity index is 2.53. The maximum absolute atomic E-state index is 13.5. The lowest BCUT2D eigenvalue weighted by Gasteiger charge is -2.22. The molecule has 1 aromatic rings. The highest BCUT2D eigenvalue weighted by Crippen LogP contribution is 2.18. The summed E-state index contributed by atoms with van der Waals surface area (Å²) < 4.78 is 13.5. The van der Waals surface area contributed by atoms with Gasteiger partial charge in [-0.2, -0.15) is 0 Å². The predicted octanol–water partition coefficient (Wildman–Crippen LogP) is 2.59. The van der Waals surface area contributed by atoms with Gasteiger partial charge in [0.25, 0.3) is 0 Å². The lowest BCUT2D eigenvalue weighted by molar-refractivity contribution is 0.156. The van der Waals surface area contributed by atoms with Gasteiger partial charge >= 0.3 is 0 Å². The molecule has 16 heavy (non-hydrogen) atoms. The molecule has 0 heterocycles. The molecule has 0 bridgehead atoms. The second-order valence-electron chi connectivity index (χ2n) is 4.64. The van der Waals surface area contributed by atoms with E-state index in [0.717, 1.165) is 0 Å². The normalized spacial score (nSPS) is 11.8. The van der Waals surface area contributed by atoms with E-state index in [-0.39, 0.29) is 22.9 Å². The van der Waals surface area contributed by atoms with E-state index in [0.29, 0.717) is 18.7 Å². The summed E-state index contributed by atoms with van der Waals surface area (Å²) in [6, 6.07) is 4.94. The fourth-order valence-electron chi connectivity index (χ4n) is 1.28. The minimum atomic E-state index is -0.376. The molecular formula is C12H17ClFNO. The lowest BCUT2D eigenvalue weighted by Crippen LogP contribution is -2.32. The number of aliphatic hydroxyl groups excluding tert-OH is 1. The van der Waals surface area contributed by atoms with Crippen molar-refractivity contribution in [2.45, 2.75) is 20.4 Å². The van der Waals surface area contributed by atoms with Gasteiger partial charge in [-0.15, -0.1) is 0 Å². The van der Waals surface area contributed by atoms with Crippen LogP contribution >= 0.6 is 11.6 Å². The molecule has 2 nitrogen and oxygen atoms in total. The number of benzene rings is 1. The fraction of sp³-hybridized carbons (Fsp3) is 0.500. The molecule has 1 aromatic carbocycles. The highest BCUT2D eigenvalue weighted by atomic mass is 35.5. The first-order chi connectivity index (χ1) is 7.46. The van der Waals surface area contributed by atoms with Crippen LogP contribution in [0.5, 0.6) is 0 Å². The van der Waals surface area contributed by atoms with Crippen LogP contribution in [0.3, 0.4) is 0 Å². The third kappa shape index (κ3) is 3.74. The summed E-state index contributed by atoms with van der Waals surface area (Å²) in [6.45, 7) is 5.01. The fourth-order valence-corrected chi connectivity index (χ4v) is 1.47. The summed E-state index contributed by atoms with van der Waals surface area (Å²) in [6.07, 6.45) is 0. The molecule has 0 aromatic heterocycles. The Bertz CT molecular complexity index is 355. The Morgan fingerprint density at radius 1 is 1.44 bits per heavy atom. The van der Waals surface area contributed by atoms with Gasteiger partial charge in [0.2, 0.25) is 0 Å². The summed E-state index contributed by atoms with van der Waals surface area (Å²) in [5.74, 6) is -0.376. The van der Waals surface area contributed by atoms with Crippen LogP contribution in [0, 0.1) is 11.2 Å². The van der Waals surface area contributed by atoms with Crippen molar-refractivity contribution in [3.8, 4) is 0 Å². The van der Waals surface area contributed by atoms with E-state index >= 15 is 0 Å².